The largest absolute Gasteiger partial charge is 0.368 e. The predicted octanol–water partition coefficient (Wildman–Crippen LogP) is 3.37. The minimum atomic E-state index is -2.56. The normalized spacial score (nSPS) is 26.2. The van der Waals surface area contributed by atoms with E-state index in [9.17, 15) is 4.57 Å². The molecule has 1 aliphatic heterocycles. The Morgan fingerprint density at radius 3 is 3.00 bits per heavy atom. The van der Waals surface area contributed by atoms with Gasteiger partial charge in [-0.25, -0.2) is 4.98 Å². The van der Waals surface area contributed by atoms with Crippen molar-refractivity contribution in [2.45, 2.75) is 37.2 Å². The molecule has 11 heteroatoms. The summed E-state index contributed by atoms with van der Waals surface area (Å²) in [4.78, 5) is 12.4. The van der Waals surface area contributed by atoms with E-state index in [-0.39, 0.29) is 28.0 Å². The van der Waals surface area contributed by atoms with E-state index >= 15 is 0 Å². The zero-order chi connectivity index (χ0) is 18.2. The Hall–Kier alpha value is -0.860. The van der Waals surface area contributed by atoms with Gasteiger partial charge in [-0.05, 0) is 20.3 Å². The van der Waals surface area contributed by atoms with Crippen LogP contribution in [0.1, 0.15) is 26.5 Å². The topological polar surface area (TPSA) is 105 Å². The number of nitrogens with two attached hydrogens (primary N) is 1. The lowest BCUT2D eigenvalue weighted by Gasteiger charge is -2.17. The molecule has 1 aliphatic rings. The average molecular weight is 406 g/mol. The van der Waals surface area contributed by atoms with Crippen LogP contribution in [0.4, 0.5) is 5.95 Å². The minimum Gasteiger partial charge on any atom is -0.368 e. The molecule has 3 rings (SSSR count). The summed E-state index contributed by atoms with van der Waals surface area (Å²) in [5.74, 6) is 0.0951. The van der Waals surface area contributed by atoms with Crippen LogP contribution in [0.3, 0.4) is 0 Å². The first-order valence-corrected chi connectivity index (χ1v) is 11.6. The Morgan fingerprint density at radius 1 is 1.52 bits per heavy atom. The van der Waals surface area contributed by atoms with Crippen LogP contribution in [-0.4, -0.2) is 49.6 Å². The maximum atomic E-state index is 12.3. The number of thioether (sulfide) groups is 1. The summed E-state index contributed by atoms with van der Waals surface area (Å²) in [6.07, 6.45) is 2.53. The van der Waals surface area contributed by atoms with Crippen LogP contribution in [0.25, 0.3) is 11.2 Å². The summed E-state index contributed by atoms with van der Waals surface area (Å²) >= 11 is 7.77. The fraction of sp³-hybridized carbons (Fsp3) is 0.643. The quantitative estimate of drug-likeness (QED) is 0.576. The monoisotopic (exact) mass is 405 g/mol. The number of fused-ring (bicyclic) bond motifs is 1. The number of aromatic nitrogens is 4. The number of ether oxygens (including phenoxy) is 1. The second kappa shape index (κ2) is 7.40. The zero-order valence-electron chi connectivity index (χ0n) is 14.3. The highest BCUT2D eigenvalue weighted by molar-refractivity contribution is 8.00. The van der Waals surface area contributed by atoms with Crippen molar-refractivity contribution < 1.29 is 13.8 Å². The predicted molar refractivity (Wildman–Crippen MR) is 100 cm³/mol. The lowest BCUT2D eigenvalue weighted by Crippen LogP contribution is -2.17. The van der Waals surface area contributed by atoms with Crippen molar-refractivity contribution in [1.29, 1.82) is 0 Å². The van der Waals surface area contributed by atoms with Crippen LogP contribution in [0.15, 0.2) is 6.33 Å². The number of anilines is 1. The van der Waals surface area contributed by atoms with Crippen LogP contribution >= 0.6 is 30.7 Å². The molecule has 8 nitrogen and oxygen atoms in total. The fourth-order valence-electron chi connectivity index (χ4n) is 2.79. The van der Waals surface area contributed by atoms with Crippen LogP contribution in [0, 0.1) is 0 Å². The van der Waals surface area contributed by atoms with Gasteiger partial charge in [-0.3, -0.25) is 9.13 Å². The number of hydrogen-bond donors (Lipinski definition) is 1. The SMILES string of the molecule is CCOP(C)(=O)CC[C@H]1OC(n2cnc3c(Cl)nc(N)nc32)[C@@H](C)S1. The van der Waals surface area contributed by atoms with Crippen LogP contribution in [-0.2, 0) is 13.8 Å². The van der Waals surface area contributed by atoms with Crippen molar-refractivity contribution in [3.63, 3.8) is 0 Å². The lowest BCUT2D eigenvalue weighted by atomic mass is 10.4. The van der Waals surface area contributed by atoms with Crippen LogP contribution in [0.2, 0.25) is 5.15 Å². The number of imidazole rings is 1. The Balaban J connectivity index is 1.75. The summed E-state index contributed by atoms with van der Waals surface area (Å²) in [6.45, 7) is 6.04. The molecular weight excluding hydrogens is 385 g/mol. The fourth-order valence-corrected chi connectivity index (χ4v) is 5.81. The van der Waals surface area contributed by atoms with E-state index in [0.29, 0.717) is 30.4 Å². The number of rotatable bonds is 6. The van der Waals surface area contributed by atoms with Gasteiger partial charge in [0.1, 0.15) is 17.2 Å². The van der Waals surface area contributed by atoms with Gasteiger partial charge in [0, 0.05) is 18.1 Å². The molecule has 3 heterocycles. The lowest BCUT2D eigenvalue weighted by molar-refractivity contribution is 0.00788. The van der Waals surface area contributed by atoms with Gasteiger partial charge >= 0.3 is 0 Å². The second-order valence-electron chi connectivity index (χ2n) is 5.94. The van der Waals surface area contributed by atoms with Gasteiger partial charge in [0.05, 0.1) is 12.9 Å². The Morgan fingerprint density at radius 2 is 2.28 bits per heavy atom. The number of nitrogen functional groups attached to an aromatic ring is 1. The molecule has 1 fully saturated rings. The molecule has 0 aromatic carbocycles. The highest BCUT2D eigenvalue weighted by atomic mass is 35.5. The summed E-state index contributed by atoms with van der Waals surface area (Å²) in [5, 5.41) is 0.389. The molecule has 0 spiro atoms. The van der Waals surface area contributed by atoms with E-state index in [0.717, 1.165) is 0 Å². The van der Waals surface area contributed by atoms with E-state index in [1.807, 2.05) is 11.5 Å². The van der Waals surface area contributed by atoms with E-state index in [4.69, 9.17) is 26.6 Å². The van der Waals surface area contributed by atoms with Crippen molar-refractivity contribution >= 4 is 47.8 Å². The van der Waals surface area contributed by atoms with E-state index in [2.05, 4.69) is 21.9 Å². The van der Waals surface area contributed by atoms with Crippen molar-refractivity contribution in [2.24, 2.45) is 0 Å². The third-order valence-electron chi connectivity index (χ3n) is 3.90. The molecule has 2 aromatic rings. The van der Waals surface area contributed by atoms with Gasteiger partial charge in [0.2, 0.25) is 5.95 Å². The molecule has 2 N–H and O–H groups in total. The Labute approximate surface area is 155 Å². The van der Waals surface area contributed by atoms with Gasteiger partial charge in [-0.15, -0.1) is 11.8 Å². The highest BCUT2D eigenvalue weighted by Gasteiger charge is 2.36. The van der Waals surface area contributed by atoms with Gasteiger partial charge in [0.25, 0.3) is 0 Å². The van der Waals surface area contributed by atoms with Crippen molar-refractivity contribution in [1.82, 2.24) is 19.5 Å². The van der Waals surface area contributed by atoms with Crippen LogP contribution < -0.4 is 5.73 Å². The standard InChI is InChI=1S/C14H21ClN5O3PS/c1-4-22-24(3,21)6-5-9-23-13(8(2)25-9)20-7-17-10-11(15)18-14(16)19-12(10)20/h7-9,13H,4-6H2,1-3H3,(H2,16,18,19)/t8-,9+,13?,24?/m1/s1. The number of nitrogens with zero attached hydrogens (tertiary/aromatic N) is 4. The van der Waals surface area contributed by atoms with Crippen molar-refractivity contribution in [3.8, 4) is 0 Å². The summed E-state index contributed by atoms with van der Waals surface area (Å²) in [5.41, 5.74) is 6.67. The van der Waals surface area contributed by atoms with E-state index in [1.54, 1.807) is 24.8 Å². The average Bonchev–Trinajstić information content (AvgIpc) is 3.08. The number of hydrogen-bond acceptors (Lipinski definition) is 8. The summed E-state index contributed by atoms with van der Waals surface area (Å²) in [6, 6.07) is 0. The molecule has 4 atom stereocenters. The first kappa shape index (κ1) is 18.9. The van der Waals surface area contributed by atoms with Gasteiger partial charge in [-0.2, -0.15) is 9.97 Å². The third kappa shape index (κ3) is 4.11. The molecule has 0 radical (unpaired) electrons. The molecule has 0 aliphatic carbocycles. The summed E-state index contributed by atoms with van der Waals surface area (Å²) < 4.78 is 25.6. The molecule has 0 saturated carbocycles. The first-order chi connectivity index (χ1) is 11.8. The third-order valence-corrected chi connectivity index (χ3v) is 7.35. The smallest absolute Gasteiger partial charge is 0.223 e. The Kier molecular flexibility index (Phi) is 5.60. The van der Waals surface area contributed by atoms with E-state index in [1.165, 1.54) is 0 Å². The molecule has 25 heavy (non-hydrogen) atoms. The molecule has 2 unspecified atom stereocenters. The maximum Gasteiger partial charge on any atom is 0.223 e. The molecule has 0 bridgehead atoms. The second-order valence-corrected chi connectivity index (χ2v) is 10.6. The van der Waals surface area contributed by atoms with Gasteiger partial charge in [-0.1, -0.05) is 11.6 Å². The molecule has 0 amide bonds. The highest BCUT2D eigenvalue weighted by Crippen LogP contribution is 2.47. The van der Waals surface area contributed by atoms with Gasteiger partial charge < -0.3 is 15.0 Å². The molecule has 1 saturated heterocycles. The first-order valence-electron chi connectivity index (χ1n) is 7.98. The maximum absolute atomic E-state index is 12.3. The minimum absolute atomic E-state index is 0.0687. The Bertz CT molecular complexity index is 819. The van der Waals surface area contributed by atoms with E-state index < -0.39 is 7.37 Å². The van der Waals surface area contributed by atoms with Crippen LogP contribution in [0.5, 0.6) is 0 Å². The van der Waals surface area contributed by atoms with Crippen molar-refractivity contribution in [3.05, 3.63) is 11.5 Å². The molecule has 138 valence electrons. The molecule has 2 aromatic heterocycles. The summed E-state index contributed by atoms with van der Waals surface area (Å²) in [7, 11) is -2.56. The molecular formula is C14H21ClN5O3PS. The zero-order valence-corrected chi connectivity index (χ0v) is 16.7. The number of halogens is 1. The van der Waals surface area contributed by atoms with Gasteiger partial charge in [0.15, 0.2) is 18.2 Å². The van der Waals surface area contributed by atoms with Crippen molar-refractivity contribution in [2.75, 3.05) is 25.2 Å².